The molecule has 1 aromatic heterocycles. The molecule has 0 aliphatic heterocycles. The SMILES string of the molecule is Cc1nc(C(=O)OC(C(N)=O)c2ccc(F)cc2)nn1-c1cc(Cl)ccc1Cl. The van der Waals surface area contributed by atoms with Gasteiger partial charge in [0.05, 0.1) is 10.7 Å². The summed E-state index contributed by atoms with van der Waals surface area (Å²) in [6.07, 6.45) is -1.42. The second-order valence-electron chi connectivity index (χ2n) is 5.73. The Morgan fingerprint density at radius 1 is 1.18 bits per heavy atom. The van der Waals surface area contributed by atoms with Crippen molar-refractivity contribution in [3.05, 3.63) is 75.5 Å². The van der Waals surface area contributed by atoms with E-state index in [1.165, 1.54) is 16.8 Å². The lowest BCUT2D eigenvalue weighted by molar-refractivity contribution is -0.127. The van der Waals surface area contributed by atoms with Crippen LogP contribution in [-0.4, -0.2) is 26.6 Å². The fraction of sp³-hybridized carbons (Fsp3) is 0.111. The highest BCUT2D eigenvalue weighted by molar-refractivity contribution is 6.34. The van der Waals surface area contributed by atoms with E-state index in [9.17, 15) is 14.0 Å². The molecule has 7 nitrogen and oxygen atoms in total. The second-order valence-corrected chi connectivity index (χ2v) is 6.57. The van der Waals surface area contributed by atoms with Crippen LogP contribution in [0.15, 0.2) is 42.5 Å². The topological polar surface area (TPSA) is 100 Å². The van der Waals surface area contributed by atoms with E-state index in [4.69, 9.17) is 33.7 Å². The minimum atomic E-state index is -1.42. The smallest absolute Gasteiger partial charge is 0.379 e. The van der Waals surface area contributed by atoms with Gasteiger partial charge in [0, 0.05) is 10.6 Å². The lowest BCUT2D eigenvalue weighted by atomic mass is 10.1. The first kappa shape index (κ1) is 19.8. The van der Waals surface area contributed by atoms with Gasteiger partial charge >= 0.3 is 5.97 Å². The molecule has 2 aromatic carbocycles. The molecule has 0 aliphatic carbocycles. The average Bonchev–Trinajstić information content (AvgIpc) is 3.04. The van der Waals surface area contributed by atoms with Gasteiger partial charge in [0.15, 0.2) is 0 Å². The van der Waals surface area contributed by atoms with Crippen LogP contribution in [-0.2, 0) is 9.53 Å². The van der Waals surface area contributed by atoms with E-state index < -0.39 is 23.8 Å². The Morgan fingerprint density at radius 3 is 2.50 bits per heavy atom. The maximum atomic E-state index is 13.1. The van der Waals surface area contributed by atoms with Gasteiger partial charge in [-0.1, -0.05) is 35.3 Å². The fourth-order valence-electron chi connectivity index (χ4n) is 2.44. The predicted octanol–water partition coefficient (Wildman–Crippen LogP) is 3.41. The Balaban J connectivity index is 1.89. The minimum Gasteiger partial charge on any atom is -0.441 e. The number of hydrogen-bond acceptors (Lipinski definition) is 5. The van der Waals surface area contributed by atoms with Crippen LogP contribution in [0.1, 0.15) is 28.1 Å². The van der Waals surface area contributed by atoms with Crippen LogP contribution in [0, 0.1) is 12.7 Å². The molecule has 0 saturated carbocycles. The summed E-state index contributed by atoms with van der Waals surface area (Å²) in [6.45, 7) is 1.60. The van der Waals surface area contributed by atoms with Gasteiger partial charge in [-0.3, -0.25) is 4.79 Å². The molecule has 0 spiro atoms. The molecule has 0 bridgehead atoms. The normalized spacial score (nSPS) is 11.9. The standard InChI is InChI=1S/C18H13Cl2FN4O3/c1-9-23-17(24-25(9)14-8-11(19)4-7-13(14)20)18(27)28-15(16(22)26)10-2-5-12(21)6-3-10/h2-8,15H,1H3,(H2,22,26). The number of halogens is 3. The van der Waals surface area contributed by atoms with Crippen LogP contribution in [0.5, 0.6) is 0 Å². The number of amides is 1. The molecule has 1 atom stereocenters. The largest absolute Gasteiger partial charge is 0.441 e. The number of nitrogens with zero attached hydrogens (tertiary/aromatic N) is 3. The summed E-state index contributed by atoms with van der Waals surface area (Å²) in [4.78, 5) is 28.2. The zero-order valence-corrected chi connectivity index (χ0v) is 15.9. The fourth-order valence-corrected chi connectivity index (χ4v) is 2.80. The Morgan fingerprint density at radius 2 is 1.86 bits per heavy atom. The number of rotatable bonds is 5. The molecular formula is C18H13Cl2FN4O3. The number of nitrogens with two attached hydrogens (primary N) is 1. The summed E-state index contributed by atoms with van der Waals surface area (Å²) >= 11 is 12.1. The van der Waals surface area contributed by atoms with Crippen molar-refractivity contribution in [3.63, 3.8) is 0 Å². The molecule has 0 fully saturated rings. The lowest BCUT2D eigenvalue weighted by Crippen LogP contribution is -2.26. The van der Waals surface area contributed by atoms with Gasteiger partial charge in [-0.05, 0) is 37.3 Å². The molecule has 28 heavy (non-hydrogen) atoms. The van der Waals surface area contributed by atoms with E-state index in [1.54, 1.807) is 25.1 Å². The van der Waals surface area contributed by atoms with Crippen molar-refractivity contribution < 1.29 is 18.7 Å². The van der Waals surface area contributed by atoms with E-state index in [0.29, 0.717) is 21.6 Å². The summed E-state index contributed by atoms with van der Waals surface area (Å²) < 4.78 is 19.6. The second kappa shape index (κ2) is 7.95. The Kier molecular flexibility index (Phi) is 5.62. The quantitative estimate of drug-likeness (QED) is 0.634. The van der Waals surface area contributed by atoms with E-state index in [1.807, 2.05) is 0 Å². The molecule has 3 rings (SSSR count). The number of esters is 1. The first-order valence-corrected chi connectivity index (χ1v) is 8.66. The zero-order chi connectivity index (χ0) is 20.4. The summed E-state index contributed by atoms with van der Waals surface area (Å²) in [5.41, 5.74) is 5.95. The molecule has 1 heterocycles. The molecule has 1 unspecified atom stereocenters. The van der Waals surface area contributed by atoms with Crippen molar-refractivity contribution in [1.82, 2.24) is 14.8 Å². The van der Waals surface area contributed by atoms with Gasteiger partial charge in [-0.15, -0.1) is 5.10 Å². The van der Waals surface area contributed by atoms with E-state index in [2.05, 4.69) is 10.1 Å². The molecule has 0 radical (unpaired) electrons. The molecule has 1 amide bonds. The highest BCUT2D eigenvalue weighted by Crippen LogP contribution is 2.25. The first-order valence-electron chi connectivity index (χ1n) is 7.91. The number of carbonyl (C=O) groups excluding carboxylic acids is 2. The number of carbonyl (C=O) groups is 2. The summed E-state index contributed by atoms with van der Waals surface area (Å²) in [5, 5.41) is 4.84. The van der Waals surface area contributed by atoms with E-state index in [0.717, 1.165) is 12.1 Å². The molecule has 2 N–H and O–H groups in total. The van der Waals surface area contributed by atoms with Crippen molar-refractivity contribution in [2.45, 2.75) is 13.0 Å². The maximum Gasteiger partial charge on any atom is 0.379 e. The van der Waals surface area contributed by atoms with Gasteiger partial charge in [0.1, 0.15) is 11.6 Å². The third kappa shape index (κ3) is 4.13. The Hall–Kier alpha value is -2.97. The lowest BCUT2D eigenvalue weighted by Gasteiger charge is -2.13. The van der Waals surface area contributed by atoms with Crippen molar-refractivity contribution >= 4 is 35.1 Å². The van der Waals surface area contributed by atoms with E-state index in [-0.39, 0.29) is 11.4 Å². The monoisotopic (exact) mass is 422 g/mol. The van der Waals surface area contributed by atoms with Gasteiger partial charge in [0.25, 0.3) is 11.7 Å². The first-order chi connectivity index (χ1) is 13.3. The molecule has 10 heteroatoms. The Bertz CT molecular complexity index is 1050. The van der Waals surface area contributed by atoms with Crippen LogP contribution in [0.3, 0.4) is 0 Å². The van der Waals surface area contributed by atoms with Crippen LogP contribution in [0.4, 0.5) is 4.39 Å². The molecule has 3 aromatic rings. The Labute approximate surface area is 168 Å². The predicted molar refractivity (Wildman–Crippen MR) is 99.9 cm³/mol. The van der Waals surface area contributed by atoms with Gasteiger partial charge in [-0.2, -0.15) is 0 Å². The van der Waals surface area contributed by atoms with Crippen LogP contribution in [0.25, 0.3) is 5.69 Å². The van der Waals surface area contributed by atoms with E-state index >= 15 is 0 Å². The van der Waals surface area contributed by atoms with Crippen molar-refractivity contribution in [2.75, 3.05) is 0 Å². The molecule has 0 aliphatic rings. The third-order valence-corrected chi connectivity index (χ3v) is 4.30. The van der Waals surface area contributed by atoms with Gasteiger partial charge in [0.2, 0.25) is 6.10 Å². The number of aryl methyl sites for hydroxylation is 1. The number of aromatic nitrogens is 3. The number of primary amides is 1. The maximum absolute atomic E-state index is 13.1. The van der Waals surface area contributed by atoms with Crippen LogP contribution in [0.2, 0.25) is 10.0 Å². The van der Waals surface area contributed by atoms with Crippen molar-refractivity contribution in [2.24, 2.45) is 5.73 Å². The summed E-state index contributed by atoms with van der Waals surface area (Å²) in [7, 11) is 0. The average molecular weight is 423 g/mol. The highest BCUT2D eigenvalue weighted by atomic mass is 35.5. The minimum absolute atomic E-state index is 0.219. The molecule has 0 saturated heterocycles. The highest BCUT2D eigenvalue weighted by Gasteiger charge is 2.26. The third-order valence-electron chi connectivity index (χ3n) is 3.74. The van der Waals surface area contributed by atoms with Crippen LogP contribution >= 0.6 is 23.2 Å². The molecule has 144 valence electrons. The number of ether oxygens (including phenoxy) is 1. The zero-order valence-electron chi connectivity index (χ0n) is 14.4. The van der Waals surface area contributed by atoms with Gasteiger partial charge in [-0.25, -0.2) is 18.9 Å². The summed E-state index contributed by atoms with van der Waals surface area (Å²) in [5.74, 6) is -2.37. The number of benzene rings is 2. The van der Waals surface area contributed by atoms with Gasteiger partial charge < -0.3 is 10.5 Å². The van der Waals surface area contributed by atoms with Crippen LogP contribution < -0.4 is 5.73 Å². The van der Waals surface area contributed by atoms with Crippen molar-refractivity contribution in [1.29, 1.82) is 0 Å². The summed E-state index contributed by atoms with van der Waals surface area (Å²) in [6, 6.07) is 9.58. The van der Waals surface area contributed by atoms with Crippen molar-refractivity contribution in [3.8, 4) is 5.69 Å². The molecular weight excluding hydrogens is 410 g/mol. The number of hydrogen-bond donors (Lipinski definition) is 1.